The molecule has 1 aromatic carbocycles. The number of halogens is 1. The largest absolute Gasteiger partial charge is 0.494 e. The zero-order valence-electron chi connectivity index (χ0n) is 11.1. The maximum absolute atomic E-state index is 14.0. The van der Waals surface area contributed by atoms with E-state index in [2.05, 4.69) is 15.4 Å². The third kappa shape index (κ3) is 3.08. The molecule has 0 radical (unpaired) electrons. The van der Waals surface area contributed by atoms with E-state index in [1.807, 2.05) is 6.92 Å². The standard InChI is InChI=1S/C13H17FN4O/c1-3-15-7-12-16-9-17-18(12)8-10-5-4-6-11(19-2)13(10)14/h4-6,9,15H,3,7-8H2,1-2H3. The van der Waals surface area contributed by atoms with Crippen molar-refractivity contribution in [1.29, 1.82) is 0 Å². The van der Waals surface area contributed by atoms with E-state index in [1.54, 1.807) is 22.9 Å². The van der Waals surface area contributed by atoms with Gasteiger partial charge in [-0.05, 0) is 12.6 Å². The molecule has 1 heterocycles. The quantitative estimate of drug-likeness (QED) is 0.860. The molecule has 1 N–H and O–H groups in total. The minimum absolute atomic E-state index is 0.242. The lowest BCUT2D eigenvalue weighted by Gasteiger charge is -2.09. The Morgan fingerprint density at radius 1 is 1.42 bits per heavy atom. The first-order valence-corrected chi connectivity index (χ1v) is 6.15. The van der Waals surface area contributed by atoms with Gasteiger partial charge in [0.2, 0.25) is 0 Å². The van der Waals surface area contributed by atoms with Crippen molar-refractivity contribution in [3.05, 3.63) is 41.7 Å². The van der Waals surface area contributed by atoms with E-state index in [-0.39, 0.29) is 11.6 Å². The van der Waals surface area contributed by atoms with E-state index in [0.717, 1.165) is 12.4 Å². The summed E-state index contributed by atoms with van der Waals surface area (Å²) >= 11 is 0. The Morgan fingerprint density at radius 2 is 2.26 bits per heavy atom. The molecule has 0 unspecified atom stereocenters. The molecule has 2 aromatic rings. The molecule has 6 heteroatoms. The van der Waals surface area contributed by atoms with E-state index in [4.69, 9.17) is 4.74 Å². The average Bonchev–Trinajstić information content (AvgIpc) is 2.86. The van der Waals surface area contributed by atoms with Gasteiger partial charge in [0.05, 0.1) is 20.2 Å². The minimum Gasteiger partial charge on any atom is -0.494 e. The number of nitrogens with zero attached hydrogens (tertiary/aromatic N) is 3. The van der Waals surface area contributed by atoms with Gasteiger partial charge in [0.1, 0.15) is 12.2 Å². The maximum Gasteiger partial charge on any atom is 0.170 e. The van der Waals surface area contributed by atoms with Gasteiger partial charge >= 0.3 is 0 Å². The summed E-state index contributed by atoms with van der Waals surface area (Å²) in [5.41, 5.74) is 0.530. The van der Waals surface area contributed by atoms with Gasteiger partial charge in [-0.15, -0.1) is 0 Å². The van der Waals surface area contributed by atoms with Gasteiger partial charge < -0.3 is 10.1 Å². The van der Waals surface area contributed by atoms with Crippen LogP contribution in [0, 0.1) is 5.82 Å². The molecule has 102 valence electrons. The molecular weight excluding hydrogens is 247 g/mol. The molecule has 2 rings (SSSR count). The Labute approximate surface area is 111 Å². The van der Waals surface area contributed by atoms with Crippen LogP contribution in [-0.4, -0.2) is 28.4 Å². The number of benzene rings is 1. The van der Waals surface area contributed by atoms with Crippen LogP contribution in [0.25, 0.3) is 0 Å². The van der Waals surface area contributed by atoms with Crippen LogP contribution in [0.5, 0.6) is 5.75 Å². The number of hydrogen-bond donors (Lipinski definition) is 1. The van der Waals surface area contributed by atoms with Crippen molar-refractivity contribution < 1.29 is 9.13 Å². The molecule has 0 atom stereocenters. The smallest absolute Gasteiger partial charge is 0.170 e. The average molecular weight is 264 g/mol. The summed E-state index contributed by atoms with van der Waals surface area (Å²) in [5, 5.41) is 7.29. The molecule has 0 spiro atoms. The number of aromatic nitrogens is 3. The Hall–Kier alpha value is -1.95. The van der Waals surface area contributed by atoms with Crippen LogP contribution in [-0.2, 0) is 13.1 Å². The molecule has 19 heavy (non-hydrogen) atoms. The fraction of sp³-hybridized carbons (Fsp3) is 0.385. The third-order valence-corrected chi connectivity index (χ3v) is 2.81. The third-order valence-electron chi connectivity index (χ3n) is 2.81. The summed E-state index contributed by atoms with van der Waals surface area (Å²) in [7, 11) is 1.45. The predicted molar refractivity (Wildman–Crippen MR) is 69.5 cm³/mol. The van der Waals surface area contributed by atoms with Gasteiger partial charge in [-0.3, -0.25) is 0 Å². The van der Waals surface area contributed by atoms with Crippen LogP contribution < -0.4 is 10.1 Å². The van der Waals surface area contributed by atoms with E-state index >= 15 is 0 Å². The van der Waals surface area contributed by atoms with E-state index < -0.39 is 0 Å². The Bertz CT molecular complexity index is 541. The molecule has 0 amide bonds. The topological polar surface area (TPSA) is 52.0 Å². The molecule has 5 nitrogen and oxygen atoms in total. The first-order chi connectivity index (χ1) is 9.26. The van der Waals surface area contributed by atoms with E-state index in [9.17, 15) is 4.39 Å². The molecule has 0 aliphatic heterocycles. The Morgan fingerprint density at radius 3 is 3.00 bits per heavy atom. The summed E-state index contributed by atoms with van der Waals surface area (Å²) < 4.78 is 20.7. The summed E-state index contributed by atoms with van der Waals surface area (Å²) in [6.45, 7) is 3.81. The van der Waals surface area contributed by atoms with Crippen LogP contribution in [0.4, 0.5) is 4.39 Å². The molecule has 0 bridgehead atoms. The van der Waals surface area contributed by atoms with Crippen LogP contribution in [0.15, 0.2) is 24.5 Å². The maximum atomic E-state index is 14.0. The van der Waals surface area contributed by atoms with Gasteiger partial charge in [0.25, 0.3) is 0 Å². The highest BCUT2D eigenvalue weighted by atomic mass is 19.1. The highest BCUT2D eigenvalue weighted by molar-refractivity contribution is 5.31. The van der Waals surface area contributed by atoms with Crippen LogP contribution in [0.1, 0.15) is 18.3 Å². The first-order valence-electron chi connectivity index (χ1n) is 6.15. The molecule has 0 aliphatic rings. The number of methoxy groups -OCH3 is 1. The van der Waals surface area contributed by atoms with Gasteiger partial charge in [-0.1, -0.05) is 19.1 Å². The minimum atomic E-state index is -0.352. The lowest BCUT2D eigenvalue weighted by atomic mass is 10.2. The van der Waals surface area contributed by atoms with Crippen molar-refractivity contribution in [2.24, 2.45) is 0 Å². The van der Waals surface area contributed by atoms with Crippen molar-refractivity contribution in [3.63, 3.8) is 0 Å². The van der Waals surface area contributed by atoms with E-state index in [0.29, 0.717) is 18.7 Å². The molecule has 0 aliphatic carbocycles. The lowest BCUT2D eigenvalue weighted by molar-refractivity contribution is 0.383. The number of hydrogen-bond acceptors (Lipinski definition) is 4. The fourth-order valence-electron chi connectivity index (χ4n) is 1.79. The zero-order valence-corrected chi connectivity index (χ0v) is 11.1. The number of ether oxygens (including phenoxy) is 1. The summed E-state index contributed by atoms with van der Waals surface area (Å²) in [6, 6.07) is 5.08. The van der Waals surface area contributed by atoms with Crippen LogP contribution in [0.3, 0.4) is 0 Å². The second-order valence-electron chi connectivity index (χ2n) is 4.05. The lowest BCUT2D eigenvalue weighted by Crippen LogP contribution is -2.17. The molecule has 1 aromatic heterocycles. The molecule has 0 saturated heterocycles. The zero-order chi connectivity index (χ0) is 13.7. The van der Waals surface area contributed by atoms with Gasteiger partial charge in [0, 0.05) is 5.56 Å². The van der Waals surface area contributed by atoms with Gasteiger partial charge in [-0.2, -0.15) is 5.10 Å². The highest BCUT2D eigenvalue weighted by Crippen LogP contribution is 2.20. The Kier molecular flexibility index (Phi) is 4.46. The summed E-state index contributed by atoms with van der Waals surface area (Å²) in [6.07, 6.45) is 1.48. The van der Waals surface area contributed by atoms with Crippen molar-refractivity contribution in [2.75, 3.05) is 13.7 Å². The molecule has 0 fully saturated rings. The van der Waals surface area contributed by atoms with Crippen LogP contribution in [0.2, 0.25) is 0 Å². The summed E-state index contributed by atoms with van der Waals surface area (Å²) in [4.78, 5) is 4.16. The summed E-state index contributed by atoms with van der Waals surface area (Å²) in [5.74, 6) is 0.671. The SMILES string of the molecule is CCNCc1ncnn1Cc1cccc(OC)c1F. The van der Waals surface area contributed by atoms with Crippen LogP contribution >= 0.6 is 0 Å². The highest BCUT2D eigenvalue weighted by Gasteiger charge is 2.11. The first kappa shape index (κ1) is 13.5. The van der Waals surface area contributed by atoms with Gasteiger partial charge in [-0.25, -0.2) is 14.1 Å². The second kappa shape index (κ2) is 6.29. The fourth-order valence-corrected chi connectivity index (χ4v) is 1.79. The van der Waals surface area contributed by atoms with Crippen molar-refractivity contribution in [2.45, 2.75) is 20.0 Å². The monoisotopic (exact) mass is 264 g/mol. The van der Waals surface area contributed by atoms with Crippen molar-refractivity contribution >= 4 is 0 Å². The van der Waals surface area contributed by atoms with Crippen molar-refractivity contribution in [1.82, 2.24) is 20.1 Å². The molecule has 0 saturated carbocycles. The number of nitrogens with one attached hydrogen (secondary N) is 1. The number of rotatable bonds is 6. The molecular formula is C13H17FN4O. The van der Waals surface area contributed by atoms with E-state index in [1.165, 1.54) is 13.4 Å². The normalized spacial score (nSPS) is 10.7. The second-order valence-corrected chi connectivity index (χ2v) is 4.05. The van der Waals surface area contributed by atoms with Crippen molar-refractivity contribution in [3.8, 4) is 5.75 Å². The van der Waals surface area contributed by atoms with Gasteiger partial charge in [0.15, 0.2) is 11.6 Å². The predicted octanol–water partition coefficient (Wildman–Crippen LogP) is 1.58. The Balaban J connectivity index is 2.19.